The number of ether oxygens (including phenoxy) is 2. The third kappa shape index (κ3) is 5.43. The third-order valence-electron chi connectivity index (χ3n) is 4.46. The van der Waals surface area contributed by atoms with Crippen molar-refractivity contribution in [1.29, 1.82) is 0 Å². The van der Waals surface area contributed by atoms with Crippen LogP contribution >= 0.6 is 11.6 Å². The predicted molar refractivity (Wildman–Crippen MR) is 97.4 cm³/mol. The Morgan fingerprint density at radius 1 is 1.19 bits per heavy atom. The van der Waals surface area contributed by atoms with Crippen molar-refractivity contribution in [3.63, 3.8) is 0 Å². The normalized spacial score (nSPS) is 22.6. The molecule has 0 amide bonds. The molecule has 0 bridgehead atoms. The maximum atomic E-state index is 12.7. The Morgan fingerprint density at radius 3 is 2.52 bits per heavy atom. The van der Waals surface area contributed by atoms with Gasteiger partial charge in [0.25, 0.3) is 0 Å². The zero-order valence-corrected chi connectivity index (χ0v) is 16.0. The average molecular weight is 399 g/mol. The Kier molecular flexibility index (Phi) is 7.21. The van der Waals surface area contributed by atoms with Crippen LogP contribution in [0.2, 0.25) is 5.02 Å². The molecule has 1 aliphatic heterocycles. The second kappa shape index (κ2) is 9.19. The van der Waals surface area contributed by atoms with Crippen molar-refractivity contribution in [2.75, 3.05) is 7.11 Å². The van der Waals surface area contributed by atoms with Crippen molar-refractivity contribution in [1.82, 2.24) is 0 Å². The lowest BCUT2D eigenvalue weighted by molar-refractivity contribution is -0.122. The number of esters is 1. The van der Waals surface area contributed by atoms with Gasteiger partial charge in [-0.2, -0.15) is 0 Å². The summed E-state index contributed by atoms with van der Waals surface area (Å²) < 4.78 is 10.6. The van der Waals surface area contributed by atoms with Crippen LogP contribution in [0.25, 0.3) is 0 Å². The lowest BCUT2D eigenvalue weighted by Gasteiger charge is -2.19. The number of aliphatic hydroxyl groups excluding tert-OH is 1. The third-order valence-corrected chi connectivity index (χ3v) is 4.88. The zero-order valence-electron chi connectivity index (χ0n) is 15.3. The summed E-state index contributed by atoms with van der Waals surface area (Å²) in [4.78, 5) is 36.9. The van der Waals surface area contributed by atoms with Gasteiger partial charge in [0, 0.05) is 37.3 Å². The molecule has 1 aromatic rings. The number of phenolic OH excluding ortho intramolecular Hbond substituents is 1. The summed E-state index contributed by atoms with van der Waals surface area (Å²) in [6.07, 6.45) is -1.10. The number of carbonyl (C=O) groups excluding carboxylic acids is 3. The van der Waals surface area contributed by atoms with Gasteiger partial charge in [-0.05, 0) is 19.8 Å². The molecule has 0 aromatic heterocycles. The van der Waals surface area contributed by atoms with E-state index in [1.807, 2.05) is 0 Å². The number of ketones is 2. The summed E-state index contributed by atoms with van der Waals surface area (Å²) in [5, 5.41) is 19.9. The van der Waals surface area contributed by atoms with Crippen LogP contribution in [0.1, 0.15) is 54.9 Å². The van der Waals surface area contributed by atoms with Gasteiger partial charge in [-0.25, -0.2) is 4.79 Å². The SMILES string of the molecule is COc1cc(O)c(Cl)c2c1C(=O)O[C@@H](C)CCC(=O)CC[C@@H](O)CC(=O)C2. The Labute approximate surface area is 162 Å². The quantitative estimate of drug-likeness (QED) is 0.699. The van der Waals surface area contributed by atoms with Crippen molar-refractivity contribution in [3.8, 4) is 11.5 Å². The van der Waals surface area contributed by atoms with Crippen LogP contribution in [-0.2, 0) is 20.7 Å². The maximum absolute atomic E-state index is 12.7. The van der Waals surface area contributed by atoms with Crippen molar-refractivity contribution in [2.45, 2.75) is 57.7 Å². The van der Waals surface area contributed by atoms with E-state index in [-0.39, 0.29) is 71.3 Å². The number of phenols is 1. The minimum atomic E-state index is -0.963. The van der Waals surface area contributed by atoms with E-state index >= 15 is 0 Å². The second-order valence-corrected chi connectivity index (χ2v) is 7.05. The second-order valence-electron chi connectivity index (χ2n) is 6.67. The highest BCUT2D eigenvalue weighted by molar-refractivity contribution is 6.33. The van der Waals surface area contributed by atoms with Crippen LogP contribution in [0.4, 0.5) is 0 Å². The van der Waals surface area contributed by atoms with Gasteiger partial charge in [0.15, 0.2) is 0 Å². The summed E-state index contributed by atoms with van der Waals surface area (Å²) in [6.45, 7) is 1.66. The molecule has 0 saturated carbocycles. The summed E-state index contributed by atoms with van der Waals surface area (Å²) in [5.74, 6) is -1.50. The minimum absolute atomic E-state index is 0.0284. The van der Waals surface area contributed by atoms with Crippen LogP contribution in [0.15, 0.2) is 6.07 Å². The molecule has 0 unspecified atom stereocenters. The number of halogens is 1. The standard InChI is InChI=1S/C19H23ClO7/c1-10-3-4-11(21)5-6-12(22)7-13(23)8-14-17(19(25)27-10)16(26-2)9-15(24)18(14)20/h9-10,12,22,24H,3-8H2,1-2H3/t10-,12+/m0/s1. The molecule has 0 spiro atoms. The number of aliphatic hydroxyl groups is 1. The smallest absolute Gasteiger partial charge is 0.342 e. The number of cyclic esters (lactones) is 1. The van der Waals surface area contributed by atoms with E-state index in [0.29, 0.717) is 6.42 Å². The van der Waals surface area contributed by atoms with Crippen LogP contribution in [0.3, 0.4) is 0 Å². The molecule has 0 fully saturated rings. The molecule has 2 rings (SSSR count). The van der Waals surface area contributed by atoms with Crippen molar-refractivity contribution in [3.05, 3.63) is 22.2 Å². The number of carbonyl (C=O) groups is 3. The number of fused-ring (bicyclic) bond motifs is 1. The molecule has 0 aliphatic carbocycles. The van der Waals surface area contributed by atoms with E-state index in [9.17, 15) is 24.6 Å². The van der Waals surface area contributed by atoms with Gasteiger partial charge in [-0.3, -0.25) is 9.59 Å². The topological polar surface area (TPSA) is 110 Å². The van der Waals surface area contributed by atoms with Gasteiger partial charge in [0.1, 0.15) is 28.6 Å². The summed E-state index contributed by atoms with van der Waals surface area (Å²) in [6, 6.07) is 1.18. The van der Waals surface area contributed by atoms with E-state index in [0.717, 1.165) is 0 Å². The number of benzene rings is 1. The highest BCUT2D eigenvalue weighted by Crippen LogP contribution is 2.38. The van der Waals surface area contributed by atoms with Crippen molar-refractivity contribution >= 4 is 29.1 Å². The van der Waals surface area contributed by atoms with E-state index in [1.165, 1.54) is 13.2 Å². The van der Waals surface area contributed by atoms with Crippen molar-refractivity contribution < 1.29 is 34.1 Å². The predicted octanol–water partition coefficient (Wildman–Crippen LogP) is 2.61. The van der Waals surface area contributed by atoms with E-state index < -0.39 is 18.2 Å². The molecular formula is C19H23ClO7. The van der Waals surface area contributed by atoms with Gasteiger partial charge >= 0.3 is 5.97 Å². The van der Waals surface area contributed by atoms with E-state index in [4.69, 9.17) is 21.1 Å². The molecule has 2 N–H and O–H groups in total. The Balaban J connectivity index is 2.48. The first-order valence-electron chi connectivity index (χ1n) is 8.73. The average Bonchev–Trinajstić information content (AvgIpc) is 2.60. The molecule has 27 heavy (non-hydrogen) atoms. The first kappa shape index (κ1) is 21.2. The molecule has 1 aliphatic rings. The number of hydrogen-bond acceptors (Lipinski definition) is 7. The van der Waals surface area contributed by atoms with Gasteiger partial charge < -0.3 is 19.7 Å². The molecule has 1 heterocycles. The van der Waals surface area contributed by atoms with Crippen LogP contribution in [0, 0.1) is 0 Å². The van der Waals surface area contributed by atoms with Gasteiger partial charge in [0.2, 0.25) is 0 Å². The summed E-state index contributed by atoms with van der Waals surface area (Å²) in [5.41, 5.74) is 0.0504. The number of aromatic hydroxyl groups is 1. The first-order valence-corrected chi connectivity index (χ1v) is 9.11. The first-order chi connectivity index (χ1) is 12.7. The fourth-order valence-electron chi connectivity index (χ4n) is 2.98. The van der Waals surface area contributed by atoms with Gasteiger partial charge in [0.05, 0.1) is 24.3 Å². The Morgan fingerprint density at radius 2 is 1.85 bits per heavy atom. The number of methoxy groups -OCH3 is 1. The molecular weight excluding hydrogens is 376 g/mol. The Bertz CT molecular complexity index is 744. The number of rotatable bonds is 1. The van der Waals surface area contributed by atoms with Gasteiger partial charge in [-0.15, -0.1) is 0 Å². The monoisotopic (exact) mass is 398 g/mol. The molecule has 0 radical (unpaired) electrons. The zero-order chi connectivity index (χ0) is 20.1. The largest absolute Gasteiger partial charge is 0.506 e. The highest BCUT2D eigenvalue weighted by atomic mass is 35.5. The van der Waals surface area contributed by atoms with E-state index in [2.05, 4.69) is 0 Å². The molecule has 7 nitrogen and oxygen atoms in total. The highest BCUT2D eigenvalue weighted by Gasteiger charge is 2.28. The lowest BCUT2D eigenvalue weighted by atomic mass is 9.96. The number of hydrogen-bond donors (Lipinski definition) is 2. The minimum Gasteiger partial charge on any atom is -0.506 e. The molecule has 1 aromatic carbocycles. The molecule has 148 valence electrons. The summed E-state index contributed by atoms with van der Waals surface area (Å²) in [7, 11) is 1.31. The number of Topliss-reactive ketones (excluding diaryl/α,β-unsaturated/α-hetero) is 2. The Hall–Kier alpha value is -2.12. The summed E-state index contributed by atoms with van der Waals surface area (Å²) >= 11 is 6.14. The maximum Gasteiger partial charge on any atom is 0.342 e. The lowest BCUT2D eigenvalue weighted by Crippen LogP contribution is -2.22. The fraction of sp³-hybridized carbons (Fsp3) is 0.526. The van der Waals surface area contributed by atoms with Crippen LogP contribution in [-0.4, -0.2) is 47.1 Å². The molecule has 8 heteroatoms. The fourth-order valence-corrected chi connectivity index (χ4v) is 3.19. The molecule has 0 saturated heterocycles. The van der Waals surface area contributed by atoms with Crippen LogP contribution in [0.5, 0.6) is 11.5 Å². The molecule has 2 atom stereocenters. The van der Waals surface area contributed by atoms with Crippen molar-refractivity contribution in [2.24, 2.45) is 0 Å². The van der Waals surface area contributed by atoms with E-state index in [1.54, 1.807) is 6.92 Å². The van der Waals surface area contributed by atoms with Crippen LogP contribution < -0.4 is 4.74 Å². The van der Waals surface area contributed by atoms with Gasteiger partial charge in [-0.1, -0.05) is 11.6 Å².